The first-order valence-electron chi connectivity index (χ1n) is 8.46. The van der Waals surface area contributed by atoms with Crippen molar-refractivity contribution in [2.75, 3.05) is 21.9 Å². The van der Waals surface area contributed by atoms with Gasteiger partial charge in [-0.05, 0) is 67.3 Å². The predicted molar refractivity (Wildman–Crippen MR) is 105 cm³/mol. The summed E-state index contributed by atoms with van der Waals surface area (Å²) >= 11 is 1.86. The molecule has 1 aromatic heterocycles. The van der Waals surface area contributed by atoms with Crippen LogP contribution in [0, 0.1) is 0 Å². The highest BCUT2D eigenvalue weighted by Crippen LogP contribution is 2.27. The molecule has 1 fully saturated rings. The van der Waals surface area contributed by atoms with Crippen LogP contribution in [-0.2, 0) is 0 Å². The molecule has 1 N–H and O–H groups in total. The van der Waals surface area contributed by atoms with Gasteiger partial charge in [0.1, 0.15) is 0 Å². The van der Waals surface area contributed by atoms with Crippen LogP contribution in [0.5, 0.6) is 0 Å². The molecule has 0 saturated carbocycles. The molecular weight excluding hydrogens is 330 g/mol. The van der Waals surface area contributed by atoms with Crippen molar-refractivity contribution in [1.82, 2.24) is 4.98 Å². The topological polar surface area (TPSA) is 45.2 Å². The van der Waals surface area contributed by atoms with Crippen LogP contribution in [0.2, 0.25) is 0 Å². The fourth-order valence-corrected chi connectivity index (χ4v) is 4.01. The summed E-state index contributed by atoms with van der Waals surface area (Å²) in [5.41, 5.74) is 3.45. The van der Waals surface area contributed by atoms with Gasteiger partial charge in [-0.2, -0.15) is 0 Å². The van der Waals surface area contributed by atoms with E-state index in [2.05, 4.69) is 14.6 Å². The number of hydrogen-bond acceptors (Lipinski definition) is 4. The number of nitrogens with one attached hydrogen (secondary N) is 1. The Morgan fingerprint density at radius 1 is 1.08 bits per heavy atom. The van der Waals surface area contributed by atoms with E-state index >= 15 is 0 Å². The summed E-state index contributed by atoms with van der Waals surface area (Å²) in [7, 11) is 0. The van der Waals surface area contributed by atoms with Crippen molar-refractivity contribution < 1.29 is 4.79 Å². The highest BCUT2D eigenvalue weighted by molar-refractivity contribution is 8.00. The minimum Gasteiger partial charge on any atom is -0.322 e. The Kier molecular flexibility index (Phi) is 4.57. The first kappa shape index (κ1) is 16.0. The normalized spacial score (nSPS) is 14.5. The Labute approximate surface area is 151 Å². The molecule has 0 spiro atoms. The number of fused-ring (bicyclic) bond motifs is 1. The molecule has 2 aromatic carbocycles. The van der Waals surface area contributed by atoms with Gasteiger partial charge in [-0.3, -0.25) is 9.78 Å². The number of anilines is 2. The standard InChI is InChI=1S/C20H19N3OS/c24-20(22-17-8-5-15-4-3-11-21-19(15)14-17)16-6-9-18(10-7-16)23-12-1-2-13-25-23/h3-11,14H,1-2,12-13H2,(H,22,24). The molecule has 1 aliphatic heterocycles. The lowest BCUT2D eigenvalue weighted by atomic mass is 10.1. The molecule has 4 nitrogen and oxygen atoms in total. The van der Waals surface area contributed by atoms with Gasteiger partial charge in [-0.25, -0.2) is 0 Å². The van der Waals surface area contributed by atoms with Crippen LogP contribution in [0.15, 0.2) is 60.8 Å². The second kappa shape index (κ2) is 7.15. The second-order valence-electron chi connectivity index (χ2n) is 6.05. The maximum Gasteiger partial charge on any atom is 0.255 e. The van der Waals surface area contributed by atoms with Crippen LogP contribution in [0.25, 0.3) is 10.9 Å². The van der Waals surface area contributed by atoms with E-state index in [1.165, 1.54) is 12.8 Å². The fourth-order valence-electron chi connectivity index (χ4n) is 2.93. The number of carbonyl (C=O) groups excluding carboxylic acids is 1. The largest absolute Gasteiger partial charge is 0.322 e. The van der Waals surface area contributed by atoms with E-state index in [0.29, 0.717) is 5.56 Å². The van der Waals surface area contributed by atoms with E-state index in [9.17, 15) is 4.79 Å². The average Bonchev–Trinajstić information content (AvgIpc) is 2.69. The number of hydrogen-bond donors (Lipinski definition) is 1. The molecule has 0 radical (unpaired) electrons. The highest BCUT2D eigenvalue weighted by atomic mass is 32.2. The van der Waals surface area contributed by atoms with Gasteiger partial charge < -0.3 is 9.62 Å². The van der Waals surface area contributed by atoms with E-state index < -0.39 is 0 Å². The number of amides is 1. The van der Waals surface area contributed by atoms with Gasteiger partial charge in [0.2, 0.25) is 0 Å². The van der Waals surface area contributed by atoms with Crippen molar-refractivity contribution >= 4 is 40.1 Å². The monoisotopic (exact) mass is 349 g/mol. The molecule has 3 aromatic rings. The molecule has 1 saturated heterocycles. The third-order valence-corrected chi connectivity index (χ3v) is 5.46. The summed E-state index contributed by atoms with van der Waals surface area (Å²) in [5, 5.41) is 4.01. The van der Waals surface area contributed by atoms with Crippen molar-refractivity contribution in [2.24, 2.45) is 0 Å². The summed E-state index contributed by atoms with van der Waals surface area (Å²) in [6, 6.07) is 17.5. The summed E-state index contributed by atoms with van der Waals surface area (Å²) in [6.07, 6.45) is 4.26. The molecule has 0 unspecified atom stereocenters. The number of benzene rings is 2. The molecule has 0 aliphatic carbocycles. The van der Waals surface area contributed by atoms with Crippen LogP contribution in [0.3, 0.4) is 0 Å². The highest BCUT2D eigenvalue weighted by Gasteiger charge is 2.13. The third kappa shape index (κ3) is 3.61. The minimum atomic E-state index is -0.104. The van der Waals surface area contributed by atoms with Crippen LogP contribution in [-0.4, -0.2) is 23.2 Å². The Hall–Kier alpha value is -2.53. The molecule has 1 aliphatic rings. The summed E-state index contributed by atoms with van der Waals surface area (Å²) < 4.78 is 2.31. The van der Waals surface area contributed by atoms with E-state index in [-0.39, 0.29) is 5.91 Å². The summed E-state index contributed by atoms with van der Waals surface area (Å²) in [4.78, 5) is 16.8. The zero-order valence-corrected chi connectivity index (χ0v) is 14.6. The smallest absolute Gasteiger partial charge is 0.255 e. The van der Waals surface area contributed by atoms with E-state index in [4.69, 9.17) is 0 Å². The van der Waals surface area contributed by atoms with Gasteiger partial charge in [0.05, 0.1) is 5.52 Å². The molecule has 2 heterocycles. The number of carbonyl (C=O) groups is 1. The molecule has 0 bridgehead atoms. The Balaban J connectivity index is 1.48. The van der Waals surface area contributed by atoms with E-state index in [0.717, 1.165) is 34.6 Å². The fraction of sp³-hybridized carbons (Fsp3) is 0.200. The maximum atomic E-state index is 12.5. The Morgan fingerprint density at radius 3 is 2.76 bits per heavy atom. The van der Waals surface area contributed by atoms with Gasteiger partial charge in [-0.1, -0.05) is 12.1 Å². The zero-order chi connectivity index (χ0) is 17.1. The van der Waals surface area contributed by atoms with Gasteiger partial charge >= 0.3 is 0 Å². The Bertz CT molecular complexity index is 889. The zero-order valence-electron chi connectivity index (χ0n) is 13.8. The van der Waals surface area contributed by atoms with Crippen molar-refractivity contribution in [3.8, 4) is 0 Å². The lowest BCUT2D eigenvalue weighted by Gasteiger charge is -2.27. The molecule has 1 amide bonds. The number of nitrogens with zero attached hydrogens (tertiary/aromatic N) is 2. The van der Waals surface area contributed by atoms with Crippen LogP contribution in [0.4, 0.5) is 11.4 Å². The first-order valence-corrected chi connectivity index (χ1v) is 9.40. The molecule has 5 heteroatoms. The van der Waals surface area contributed by atoms with E-state index in [1.807, 2.05) is 66.5 Å². The quantitative estimate of drug-likeness (QED) is 0.694. The molecule has 0 atom stereocenters. The molecule has 126 valence electrons. The van der Waals surface area contributed by atoms with Crippen molar-refractivity contribution in [2.45, 2.75) is 12.8 Å². The second-order valence-corrected chi connectivity index (χ2v) is 7.16. The van der Waals surface area contributed by atoms with Gasteiger partial charge in [0, 0.05) is 40.8 Å². The van der Waals surface area contributed by atoms with Gasteiger partial charge in [0.25, 0.3) is 5.91 Å². The summed E-state index contributed by atoms with van der Waals surface area (Å²) in [5.74, 6) is 1.06. The third-order valence-electron chi connectivity index (χ3n) is 4.28. The average molecular weight is 349 g/mol. The Morgan fingerprint density at radius 2 is 1.96 bits per heavy atom. The number of rotatable bonds is 3. The van der Waals surface area contributed by atoms with Crippen molar-refractivity contribution in [3.05, 3.63) is 66.4 Å². The maximum absolute atomic E-state index is 12.5. The lowest BCUT2D eigenvalue weighted by Crippen LogP contribution is -2.21. The van der Waals surface area contributed by atoms with Crippen molar-refractivity contribution in [3.63, 3.8) is 0 Å². The molecule has 4 rings (SSSR count). The lowest BCUT2D eigenvalue weighted by molar-refractivity contribution is 0.102. The van der Waals surface area contributed by atoms with Gasteiger partial charge in [0.15, 0.2) is 0 Å². The van der Waals surface area contributed by atoms with Crippen LogP contribution >= 0.6 is 11.9 Å². The predicted octanol–water partition coefficient (Wildman–Crippen LogP) is 4.74. The number of pyridine rings is 1. The van der Waals surface area contributed by atoms with E-state index in [1.54, 1.807) is 6.20 Å². The minimum absolute atomic E-state index is 0.104. The van der Waals surface area contributed by atoms with Crippen molar-refractivity contribution in [1.29, 1.82) is 0 Å². The summed E-state index contributed by atoms with van der Waals surface area (Å²) in [6.45, 7) is 1.07. The van der Waals surface area contributed by atoms with Gasteiger partial charge in [-0.15, -0.1) is 0 Å². The molecule has 25 heavy (non-hydrogen) atoms. The van der Waals surface area contributed by atoms with Crippen LogP contribution < -0.4 is 9.62 Å². The SMILES string of the molecule is O=C(Nc1ccc2cccnc2c1)c1ccc(N2CCCCS2)cc1. The van der Waals surface area contributed by atoms with Crippen LogP contribution in [0.1, 0.15) is 23.2 Å². The molecular formula is C20H19N3OS. The number of aromatic nitrogens is 1. The first-order chi connectivity index (χ1) is 12.3.